The summed E-state index contributed by atoms with van der Waals surface area (Å²) in [7, 11) is 0. The van der Waals surface area contributed by atoms with E-state index in [2.05, 4.69) is 32.7 Å². The molecule has 21 heavy (non-hydrogen) atoms. The van der Waals surface area contributed by atoms with E-state index in [1.807, 2.05) is 6.07 Å². The van der Waals surface area contributed by atoms with Crippen molar-refractivity contribution in [3.8, 4) is 0 Å². The van der Waals surface area contributed by atoms with E-state index >= 15 is 0 Å². The number of hydrogen-bond acceptors (Lipinski definition) is 4. The van der Waals surface area contributed by atoms with Crippen LogP contribution in [0.25, 0.3) is 0 Å². The number of nitrogens with one attached hydrogen (secondary N) is 1. The van der Waals surface area contributed by atoms with Gasteiger partial charge in [-0.25, -0.2) is 0 Å². The van der Waals surface area contributed by atoms with Gasteiger partial charge in [-0.05, 0) is 59.1 Å². The first-order chi connectivity index (χ1) is 10.1. The Bertz CT molecular complexity index is 669. The van der Waals surface area contributed by atoms with Gasteiger partial charge in [0, 0.05) is 21.0 Å². The summed E-state index contributed by atoms with van der Waals surface area (Å²) in [6, 6.07) is 7.84. The van der Waals surface area contributed by atoms with Crippen molar-refractivity contribution < 1.29 is 4.92 Å². The molecule has 6 heteroatoms. The van der Waals surface area contributed by atoms with Crippen molar-refractivity contribution in [2.75, 3.05) is 5.32 Å². The third-order valence-electron chi connectivity index (χ3n) is 3.74. The summed E-state index contributed by atoms with van der Waals surface area (Å²) in [5.74, 6) is 0.621. The molecule has 1 saturated carbocycles. The second-order valence-corrected chi connectivity index (χ2v) is 7.18. The average molecular weight is 367 g/mol. The van der Waals surface area contributed by atoms with Gasteiger partial charge in [0.05, 0.1) is 16.7 Å². The quantitative estimate of drug-likeness (QED) is 0.577. The van der Waals surface area contributed by atoms with Gasteiger partial charge < -0.3 is 5.32 Å². The zero-order chi connectivity index (χ0) is 15.0. The summed E-state index contributed by atoms with van der Waals surface area (Å²) in [6.07, 6.45) is 2.42. The molecule has 0 amide bonds. The summed E-state index contributed by atoms with van der Waals surface area (Å²) in [5, 5.41) is 16.7. The predicted molar refractivity (Wildman–Crippen MR) is 88.9 cm³/mol. The molecular formula is C15H15BrN2O2S. The highest BCUT2D eigenvalue weighted by molar-refractivity contribution is 9.10. The molecule has 0 bridgehead atoms. The Balaban J connectivity index is 1.92. The maximum absolute atomic E-state index is 11.1. The minimum absolute atomic E-state index is 0.154. The second-order valence-electron chi connectivity index (χ2n) is 5.35. The first-order valence-electron chi connectivity index (χ1n) is 6.80. The molecule has 1 aliphatic carbocycles. The van der Waals surface area contributed by atoms with Crippen molar-refractivity contribution in [2.24, 2.45) is 5.92 Å². The highest BCUT2D eigenvalue weighted by Crippen LogP contribution is 2.45. The number of nitro groups is 1. The fraction of sp³-hybridized carbons (Fsp3) is 0.333. The van der Waals surface area contributed by atoms with Crippen LogP contribution >= 0.6 is 27.3 Å². The Morgan fingerprint density at radius 2 is 2.24 bits per heavy atom. The van der Waals surface area contributed by atoms with Crippen LogP contribution in [-0.4, -0.2) is 4.92 Å². The molecule has 0 spiro atoms. The Hall–Kier alpha value is -1.40. The van der Waals surface area contributed by atoms with Gasteiger partial charge in [0.1, 0.15) is 0 Å². The van der Waals surface area contributed by atoms with Gasteiger partial charge in [0.2, 0.25) is 0 Å². The number of thiophene rings is 1. The van der Waals surface area contributed by atoms with Crippen LogP contribution in [0.1, 0.15) is 29.3 Å². The molecule has 1 aromatic heterocycles. The summed E-state index contributed by atoms with van der Waals surface area (Å²) in [6.45, 7) is 1.75. The maximum atomic E-state index is 11.1. The van der Waals surface area contributed by atoms with E-state index in [1.165, 1.54) is 17.7 Å². The van der Waals surface area contributed by atoms with Crippen molar-refractivity contribution in [3.05, 3.63) is 54.7 Å². The summed E-state index contributed by atoms with van der Waals surface area (Å²) in [4.78, 5) is 12.1. The third kappa shape index (κ3) is 3.11. The lowest BCUT2D eigenvalue weighted by atomic mass is 10.1. The van der Waals surface area contributed by atoms with Gasteiger partial charge in [-0.1, -0.05) is 6.07 Å². The number of halogens is 1. The molecule has 110 valence electrons. The fourth-order valence-electron chi connectivity index (χ4n) is 2.46. The molecular weight excluding hydrogens is 352 g/mol. The summed E-state index contributed by atoms with van der Waals surface area (Å²) in [5.41, 5.74) is 1.61. The largest absolute Gasteiger partial charge is 0.376 e. The Labute approximate surface area is 135 Å². The Morgan fingerprint density at radius 1 is 1.48 bits per heavy atom. The molecule has 1 N–H and O–H groups in total. The minimum Gasteiger partial charge on any atom is -0.376 e. The number of benzene rings is 1. The second kappa shape index (κ2) is 5.77. The SMILES string of the molecule is Cc1cc(Br)c(NC(c2cccs2)C2CC2)cc1[N+](=O)[O-]. The monoisotopic (exact) mass is 366 g/mol. The molecule has 1 aromatic carbocycles. The van der Waals surface area contributed by atoms with E-state index in [0.717, 1.165) is 10.2 Å². The molecule has 0 saturated heterocycles. The molecule has 1 aliphatic rings. The Morgan fingerprint density at radius 3 is 2.81 bits per heavy atom. The standard InChI is InChI=1S/C15H15BrN2O2S/c1-9-7-11(16)12(8-13(9)18(19)20)17-15(10-4-5-10)14-3-2-6-21-14/h2-3,6-8,10,15,17H,4-5H2,1H3. The van der Waals surface area contributed by atoms with Crippen LogP contribution < -0.4 is 5.32 Å². The maximum Gasteiger partial charge on any atom is 0.274 e. The van der Waals surface area contributed by atoms with Crippen molar-refractivity contribution >= 4 is 38.6 Å². The first-order valence-corrected chi connectivity index (χ1v) is 8.48. The molecule has 0 aliphatic heterocycles. The van der Waals surface area contributed by atoms with E-state index in [9.17, 15) is 10.1 Å². The number of nitrogens with zero attached hydrogens (tertiary/aromatic N) is 1. The molecule has 1 fully saturated rings. The first kappa shape index (κ1) is 14.5. The van der Waals surface area contributed by atoms with E-state index in [0.29, 0.717) is 11.5 Å². The number of anilines is 1. The topological polar surface area (TPSA) is 55.2 Å². The van der Waals surface area contributed by atoms with E-state index in [1.54, 1.807) is 30.4 Å². The molecule has 3 rings (SSSR count). The van der Waals surface area contributed by atoms with Crippen LogP contribution in [0.2, 0.25) is 0 Å². The van der Waals surface area contributed by atoms with Gasteiger partial charge in [-0.15, -0.1) is 11.3 Å². The van der Waals surface area contributed by atoms with Crippen LogP contribution in [-0.2, 0) is 0 Å². The summed E-state index contributed by atoms with van der Waals surface area (Å²) < 4.78 is 0.868. The summed E-state index contributed by atoms with van der Waals surface area (Å²) >= 11 is 5.24. The Kier molecular flexibility index (Phi) is 3.99. The predicted octanol–water partition coefficient (Wildman–Crippen LogP) is 5.29. The lowest BCUT2D eigenvalue weighted by Crippen LogP contribution is -2.12. The van der Waals surface area contributed by atoms with Gasteiger partial charge in [0.25, 0.3) is 5.69 Å². The molecule has 1 heterocycles. The van der Waals surface area contributed by atoms with Crippen molar-refractivity contribution in [2.45, 2.75) is 25.8 Å². The number of rotatable bonds is 5. The molecule has 2 aromatic rings. The van der Waals surface area contributed by atoms with Crippen molar-refractivity contribution in [1.82, 2.24) is 0 Å². The van der Waals surface area contributed by atoms with Gasteiger partial charge in [-0.2, -0.15) is 0 Å². The van der Waals surface area contributed by atoms with Gasteiger partial charge >= 0.3 is 0 Å². The van der Waals surface area contributed by atoms with E-state index in [-0.39, 0.29) is 16.7 Å². The smallest absolute Gasteiger partial charge is 0.274 e. The van der Waals surface area contributed by atoms with Crippen LogP contribution in [0.15, 0.2) is 34.1 Å². The molecule has 0 radical (unpaired) electrons. The zero-order valence-electron chi connectivity index (χ0n) is 11.5. The van der Waals surface area contributed by atoms with Gasteiger partial charge in [-0.3, -0.25) is 10.1 Å². The number of hydrogen-bond donors (Lipinski definition) is 1. The molecule has 1 atom stereocenters. The fourth-order valence-corrected chi connectivity index (χ4v) is 3.90. The normalized spacial score (nSPS) is 15.7. The molecule has 1 unspecified atom stereocenters. The average Bonchev–Trinajstić information content (AvgIpc) is 3.12. The zero-order valence-corrected chi connectivity index (χ0v) is 13.9. The van der Waals surface area contributed by atoms with Crippen molar-refractivity contribution in [1.29, 1.82) is 0 Å². The highest BCUT2D eigenvalue weighted by atomic mass is 79.9. The third-order valence-corrected chi connectivity index (χ3v) is 5.35. The lowest BCUT2D eigenvalue weighted by molar-refractivity contribution is -0.385. The van der Waals surface area contributed by atoms with Crippen LogP contribution in [0.5, 0.6) is 0 Å². The lowest BCUT2D eigenvalue weighted by Gasteiger charge is -2.19. The van der Waals surface area contributed by atoms with E-state index < -0.39 is 0 Å². The number of aryl methyl sites for hydroxylation is 1. The van der Waals surface area contributed by atoms with Gasteiger partial charge in [0.15, 0.2) is 0 Å². The molecule has 4 nitrogen and oxygen atoms in total. The minimum atomic E-state index is -0.329. The van der Waals surface area contributed by atoms with Crippen LogP contribution in [0, 0.1) is 23.0 Å². The van der Waals surface area contributed by atoms with Crippen LogP contribution in [0.4, 0.5) is 11.4 Å². The highest BCUT2D eigenvalue weighted by Gasteiger charge is 2.33. The van der Waals surface area contributed by atoms with Crippen LogP contribution in [0.3, 0.4) is 0 Å². The van der Waals surface area contributed by atoms with Crippen molar-refractivity contribution in [3.63, 3.8) is 0 Å². The van der Waals surface area contributed by atoms with E-state index in [4.69, 9.17) is 0 Å². The number of nitro benzene ring substituents is 1.